The van der Waals surface area contributed by atoms with Crippen LogP contribution in [0, 0.1) is 0 Å². The summed E-state index contributed by atoms with van der Waals surface area (Å²) in [6.45, 7) is 5.44. The van der Waals surface area contributed by atoms with E-state index in [1.165, 1.54) is 12.7 Å². The molecule has 6 nitrogen and oxygen atoms in total. The molecular weight excluding hydrogens is 266 g/mol. The fourth-order valence-electron chi connectivity index (χ4n) is 2.40. The lowest BCUT2D eigenvalue weighted by molar-refractivity contribution is -0.131. The van der Waals surface area contributed by atoms with Crippen LogP contribution in [0.5, 0.6) is 0 Å². The van der Waals surface area contributed by atoms with E-state index in [0.717, 1.165) is 50.5 Å². The molecule has 1 amide bonds. The Hall–Kier alpha value is -1.85. The van der Waals surface area contributed by atoms with Gasteiger partial charge in [0.05, 0.1) is 0 Å². The fraction of sp³-hybridized carbons (Fsp3) is 0.667. The zero-order chi connectivity index (χ0) is 14.9. The standard InChI is InChI=1S/C15H25N5O/c1-2-7-16-13-11-14(19-12-18-13)17-8-6-15(21)20-9-4-3-5-10-20/h11-12H,2-10H2,1H3,(H2,16,17,18,19). The van der Waals surface area contributed by atoms with Gasteiger partial charge in [0.15, 0.2) is 0 Å². The summed E-state index contributed by atoms with van der Waals surface area (Å²) in [6, 6.07) is 1.88. The summed E-state index contributed by atoms with van der Waals surface area (Å²) in [5.74, 6) is 1.81. The second-order valence-electron chi connectivity index (χ2n) is 5.33. The van der Waals surface area contributed by atoms with Gasteiger partial charge in [-0.15, -0.1) is 0 Å². The van der Waals surface area contributed by atoms with Crippen LogP contribution in [0.4, 0.5) is 11.6 Å². The van der Waals surface area contributed by atoms with Crippen molar-refractivity contribution in [1.82, 2.24) is 14.9 Å². The van der Waals surface area contributed by atoms with Gasteiger partial charge in [-0.25, -0.2) is 9.97 Å². The first kappa shape index (κ1) is 15.5. The first-order chi connectivity index (χ1) is 10.3. The van der Waals surface area contributed by atoms with E-state index in [2.05, 4.69) is 27.5 Å². The van der Waals surface area contributed by atoms with Gasteiger partial charge >= 0.3 is 0 Å². The van der Waals surface area contributed by atoms with Crippen molar-refractivity contribution in [2.45, 2.75) is 39.0 Å². The number of likely N-dealkylation sites (tertiary alicyclic amines) is 1. The number of rotatable bonds is 7. The molecule has 0 radical (unpaired) electrons. The first-order valence-electron chi connectivity index (χ1n) is 7.87. The number of piperidine rings is 1. The van der Waals surface area contributed by atoms with Crippen molar-refractivity contribution < 1.29 is 4.79 Å². The van der Waals surface area contributed by atoms with E-state index in [0.29, 0.717) is 13.0 Å². The van der Waals surface area contributed by atoms with Crippen molar-refractivity contribution >= 4 is 17.5 Å². The maximum Gasteiger partial charge on any atom is 0.224 e. The second kappa shape index (κ2) is 8.44. The molecule has 21 heavy (non-hydrogen) atoms. The molecule has 0 atom stereocenters. The Morgan fingerprint density at radius 3 is 2.48 bits per heavy atom. The molecule has 1 aliphatic heterocycles. The Morgan fingerprint density at radius 2 is 1.81 bits per heavy atom. The van der Waals surface area contributed by atoms with Crippen LogP contribution in [0.15, 0.2) is 12.4 Å². The Morgan fingerprint density at radius 1 is 1.14 bits per heavy atom. The quantitative estimate of drug-likeness (QED) is 0.805. The molecule has 2 rings (SSSR count). The molecule has 0 unspecified atom stereocenters. The van der Waals surface area contributed by atoms with E-state index in [1.807, 2.05) is 11.0 Å². The van der Waals surface area contributed by atoms with Crippen molar-refractivity contribution in [2.75, 3.05) is 36.8 Å². The van der Waals surface area contributed by atoms with Crippen LogP contribution < -0.4 is 10.6 Å². The van der Waals surface area contributed by atoms with Crippen molar-refractivity contribution in [2.24, 2.45) is 0 Å². The molecule has 0 spiro atoms. The highest BCUT2D eigenvalue weighted by atomic mass is 16.2. The van der Waals surface area contributed by atoms with Crippen molar-refractivity contribution in [1.29, 1.82) is 0 Å². The van der Waals surface area contributed by atoms with Crippen LogP contribution in [-0.4, -0.2) is 47.0 Å². The molecule has 2 heterocycles. The van der Waals surface area contributed by atoms with E-state index in [4.69, 9.17) is 0 Å². The molecule has 1 aromatic heterocycles. The molecule has 1 fully saturated rings. The Bertz CT molecular complexity index is 445. The molecular formula is C15H25N5O. The first-order valence-corrected chi connectivity index (χ1v) is 7.87. The van der Waals surface area contributed by atoms with Gasteiger partial charge < -0.3 is 15.5 Å². The molecule has 1 aromatic rings. The van der Waals surface area contributed by atoms with Crippen LogP contribution in [-0.2, 0) is 4.79 Å². The number of aromatic nitrogens is 2. The lowest BCUT2D eigenvalue weighted by Crippen LogP contribution is -2.36. The highest BCUT2D eigenvalue weighted by molar-refractivity contribution is 5.76. The van der Waals surface area contributed by atoms with E-state index < -0.39 is 0 Å². The highest BCUT2D eigenvalue weighted by Gasteiger charge is 2.15. The number of amides is 1. The minimum Gasteiger partial charge on any atom is -0.370 e. The Kier molecular flexibility index (Phi) is 6.24. The van der Waals surface area contributed by atoms with Gasteiger partial charge in [0.2, 0.25) is 5.91 Å². The highest BCUT2D eigenvalue weighted by Crippen LogP contribution is 2.11. The maximum atomic E-state index is 12.0. The van der Waals surface area contributed by atoms with E-state index in [1.54, 1.807) is 0 Å². The number of carbonyl (C=O) groups is 1. The summed E-state index contributed by atoms with van der Waals surface area (Å²) in [7, 11) is 0. The lowest BCUT2D eigenvalue weighted by atomic mass is 10.1. The molecule has 6 heteroatoms. The molecule has 2 N–H and O–H groups in total. The zero-order valence-corrected chi connectivity index (χ0v) is 12.8. The molecule has 1 saturated heterocycles. The largest absolute Gasteiger partial charge is 0.370 e. The van der Waals surface area contributed by atoms with Crippen LogP contribution >= 0.6 is 0 Å². The van der Waals surface area contributed by atoms with Gasteiger partial charge in [0, 0.05) is 38.7 Å². The zero-order valence-electron chi connectivity index (χ0n) is 12.8. The molecule has 1 aliphatic rings. The predicted octanol–water partition coefficient (Wildman–Crippen LogP) is 2.11. The minimum absolute atomic E-state index is 0.237. The summed E-state index contributed by atoms with van der Waals surface area (Å²) in [5, 5.41) is 6.41. The van der Waals surface area contributed by atoms with Gasteiger partial charge in [0.25, 0.3) is 0 Å². The Balaban J connectivity index is 1.73. The monoisotopic (exact) mass is 291 g/mol. The summed E-state index contributed by atoms with van der Waals surface area (Å²) in [6.07, 6.45) is 6.62. The van der Waals surface area contributed by atoms with Crippen molar-refractivity contribution in [3.63, 3.8) is 0 Å². The van der Waals surface area contributed by atoms with Crippen molar-refractivity contribution in [3.05, 3.63) is 12.4 Å². The second-order valence-corrected chi connectivity index (χ2v) is 5.33. The SMILES string of the molecule is CCCNc1cc(NCCC(=O)N2CCCCC2)ncn1. The van der Waals surface area contributed by atoms with Crippen LogP contribution in [0.25, 0.3) is 0 Å². The summed E-state index contributed by atoms with van der Waals surface area (Å²) in [4.78, 5) is 22.3. The molecule has 0 bridgehead atoms. The number of hydrogen-bond donors (Lipinski definition) is 2. The average Bonchev–Trinajstić information content (AvgIpc) is 2.54. The van der Waals surface area contributed by atoms with Gasteiger partial charge in [-0.3, -0.25) is 4.79 Å². The average molecular weight is 291 g/mol. The van der Waals surface area contributed by atoms with Crippen LogP contribution in [0.1, 0.15) is 39.0 Å². The fourth-order valence-corrected chi connectivity index (χ4v) is 2.40. The molecule has 0 saturated carbocycles. The third-order valence-electron chi connectivity index (χ3n) is 3.58. The smallest absolute Gasteiger partial charge is 0.224 e. The number of nitrogens with one attached hydrogen (secondary N) is 2. The summed E-state index contributed by atoms with van der Waals surface area (Å²) >= 11 is 0. The van der Waals surface area contributed by atoms with Crippen LogP contribution in [0.3, 0.4) is 0 Å². The third-order valence-corrected chi connectivity index (χ3v) is 3.58. The van der Waals surface area contributed by atoms with Gasteiger partial charge in [-0.05, 0) is 25.7 Å². The summed E-state index contributed by atoms with van der Waals surface area (Å²) < 4.78 is 0. The number of hydrogen-bond acceptors (Lipinski definition) is 5. The van der Waals surface area contributed by atoms with Gasteiger partial charge in [-0.2, -0.15) is 0 Å². The number of anilines is 2. The third kappa shape index (κ3) is 5.21. The van der Waals surface area contributed by atoms with E-state index in [9.17, 15) is 4.79 Å². The lowest BCUT2D eigenvalue weighted by Gasteiger charge is -2.26. The van der Waals surface area contributed by atoms with Gasteiger partial charge in [0.1, 0.15) is 18.0 Å². The number of nitrogens with zero attached hydrogens (tertiary/aromatic N) is 3. The van der Waals surface area contributed by atoms with Crippen LogP contribution in [0.2, 0.25) is 0 Å². The summed E-state index contributed by atoms with van der Waals surface area (Å²) in [5.41, 5.74) is 0. The predicted molar refractivity (Wildman–Crippen MR) is 84.4 cm³/mol. The maximum absolute atomic E-state index is 12.0. The van der Waals surface area contributed by atoms with E-state index >= 15 is 0 Å². The normalized spacial score (nSPS) is 14.8. The van der Waals surface area contributed by atoms with E-state index in [-0.39, 0.29) is 5.91 Å². The number of carbonyl (C=O) groups excluding carboxylic acids is 1. The van der Waals surface area contributed by atoms with Gasteiger partial charge in [-0.1, -0.05) is 6.92 Å². The molecule has 0 aromatic carbocycles. The van der Waals surface area contributed by atoms with Crippen molar-refractivity contribution in [3.8, 4) is 0 Å². The molecule has 0 aliphatic carbocycles. The molecule has 116 valence electrons. The topological polar surface area (TPSA) is 70.2 Å². The Labute approximate surface area is 126 Å². The minimum atomic E-state index is 0.237.